The number of ether oxygens (including phenoxy) is 2. The van der Waals surface area contributed by atoms with Gasteiger partial charge in [-0.05, 0) is 51.8 Å². The van der Waals surface area contributed by atoms with Crippen molar-refractivity contribution in [1.29, 1.82) is 0 Å². The van der Waals surface area contributed by atoms with E-state index in [1.165, 1.54) is 7.11 Å². The predicted octanol–water partition coefficient (Wildman–Crippen LogP) is 2.96. The molecule has 8 heteroatoms. The highest BCUT2D eigenvalue weighted by molar-refractivity contribution is 5.96. The van der Waals surface area contributed by atoms with Gasteiger partial charge in [0.15, 0.2) is 11.5 Å². The zero-order valence-corrected chi connectivity index (χ0v) is 18.8. The van der Waals surface area contributed by atoms with Gasteiger partial charge in [-0.15, -0.1) is 0 Å². The zero-order valence-electron chi connectivity index (χ0n) is 18.8. The minimum atomic E-state index is -0.443. The number of rotatable bonds is 8. The third-order valence-electron chi connectivity index (χ3n) is 4.51. The van der Waals surface area contributed by atoms with Crippen molar-refractivity contribution in [3.63, 3.8) is 0 Å². The topological polar surface area (TPSA) is 94.5 Å². The Bertz CT molecular complexity index is 903. The van der Waals surface area contributed by atoms with E-state index in [-0.39, 0.29) is 18.4 Å². The van der Waals surface area contributed by atoms with Gasteiger partial charge in [0.25, 0.3) is 5.91 Å². The molecular formula is C22H32N4O4. The summed E-state index contributed by atoms with van der Waals surface area (Å²) < 4.78 is 12.9. The molecule has 0 fully saturated rings. The number of nitrogens with zero attached hydrogens (tertiary/aromatic N) is 2. The summed E-state index contributed by atoms with van der Waals surface area (Å²) in [4.78, 5) is 24.8. The number of carbonyl (C=O) groups is 2. The minimum absolute atomic E-state index is 0.0188. The van der Waals surface area contributed by atoms with E-state index >= 15 is 0 Å². The molecule has 2 amide bonds. The molecule has 1 aromatic carbocycles. The molecule has 0 spiro atoms. The third kappa shape index (κ3) is 5.98. The highest BCUT2D eigenvalue weighted by Gasteiger charge is 2.17. The Kier molecular flexibility index (Phi) is 7.86. The molecule has 2 rings (SSSR count). The van der Waals surface area contributed by atoms with Gasteiger partial charge in [-0.2, -0.15) is 5.10 Å². The standard InChI is InChI=1S/C22H32N4O4/c1-13(2)12-26-16(6)18(15(5)25-26)11-21(27)23-24-22(28)17-8-9-19(30-14(3)4)20(10-17)29-7/h8-10,13-14H,11-12H2,1-7H3,(H,23,27)(H,24,28). The van der Waals surface area contributed by atoms with Crippen LogP contribution in [0.2, 0.25) is 0 Å². The van der Waals surface area contributed by atoms with E-state index < -0.39 is 5.91 Å². The van der Waals surface area contributed by atoms with Gasteiger partial charge >= 0.3 is 0 Å². The van der Waals surface area contributed by atoms with E-state index in [2.05, 4.69) is 29.8 Å². The fourth-order valence-corrected chi connectivity index (χ4v) is 3.08. The van der Waals surface area contributed by atoms with E-state index in [1.807, 2.05) is 32.4 Å². The van der Waals surface area contributed by atoms with Crippen LogP contribution >= 0.6 is 0 Å². The second kappa shape index (κ2) is 10.1. The fraction of sp³-hybridized carbons (Fsp3) is 0.500. The van der Waals surface area contributed by atoms with Crippen LogP contribution in [0, 0.1) is 19.8 Å². The zero-order chi connectivity index (χ0) is 22.4. The van der Waals surface area contributed by atoms with Gasteiger partial charge in [-0.1, -0.05) is 13.8 Å². The predicted molar refractivity (Wildman–Crippen MR) is 115 cm³/mol. The maximum absolute atomic E-state index is 12.4. The molecule has 0 saturated heterocycles. The SMILES string of the molecule is COc1cc(C(=O)NNC(=O)Cc2c(C)nn(CC(C)C)c2C)ccc1OC(C)C. The van der Waals surface area contributed by atoms with Crippen LogP contribution in [0.25, 0.3) is 0 Å². The van der Waals surface area contributed by atoms with Crippen molar-refractivity contribution in [2.24, 2.45) is 5.92 Å². The molecule has 0 aliphatic heterocycles. The molecule has 30 heavy (non-hydrogen) atoms. The Morgan fingerprint density at radius 1 is 1.10 bits per heavy atom. The molecule has 0 bridgehead atoms. The average Bonchev–Trinajstić information content (AvgIpc) is 2.92. The maximum atomic E-state index is 12.4. The number of methoxy groups -OCH3 is 1. The molecule has 164 valence electrons. The van der Waals surface area contributed by atoms with Gasteiger partial charge in [-0.3, -0.25) is 25.1 Å². The van der Waals surface area contributed by atoms with Crippen LogP contribution in [0.5, 0.6) is 11.5 Å². The highest BCUT2D eigenvalue weighted by Crippen LogP contribution is 2.28. The number of hydrogen-bond acceptors (Lipinski definition) is 5. The van der Waals surface area contributed by atoms with E-state index in [0.29, 0.717) is 23.0 Å². The van der Waals surface area contributed by atoms with Gasteiger partial charge in [-0.25, -0.2) is 0 Å². The Hall–Kier alpha value is -3.03. The monoisotopic (exact) mass is 416 g/mol. The number of carbonyl (C=O) groups excluding carboxylic acids is 2. The van der Waals surface area contributed by atoms with Gasteiger partial charge in [0, 0.05) is 23.4 Å². The van der Waals surface area contributed by atoms with Crippen molar-refractivity contribution in [3.05, 3.63) is 40.7 Å². The van der Waals surface area contributed by atoms with Crippen molar-refractivity contribution in [2.45, 2.75) is 60.6 Å². The van der Waals surface area contributed by atoms with Crippen LogP contribution in [0.15, 0.2) is 18.2 Å². The first-order chi connectivity index (χ1) is 14.1. The first-order valence-corrected chi connectivity index (χ1v) is 10.1. The van der Waals surface area contributed by atoms with Gasteiger partial charge in [0.1, 0.15) is 0 Å². The first kappa shape index (κ1) is 23.3. The molecule has 2 aromatic rings. The van der Waals surface area contributed by atoms with Gasteiger partial charge in [0.05, 0.1) is 25.3 Å². The number of aromatic nitrogens is 2. The van der Waals surface area contributed by atoms with Crippen molar-refractivity contribution in [2.75, 3.05) is 7.11 Å². The lowest BCUT2D eigenvalue weighted by molar-refractivity contribution is -0.121. The summed E-state index contributed by atoms with van der Waals surface area (Å²) in [5.74, 6) is 0.703. The number of amides is 2. The highest BCUT2D eigenvalue weighted by atomic mass is 16.5. The second-order valence-corrected chi connectivity index (χ2v) is 7.94. The molecule has 0 radical (unpaired) electrons. The number of benzene rings is 1. The van der Waals surface area contributed by atoms with E-state index in [4.69, 9.17) is 9.47 Å². The summed E-state index contributed by atoms with van der Waals surface area (Å²) >= 11 is 0. The van der Waals surface area contributed by atoms with Crippen molar-refractivity contribution in [3.8, 4) is 11.5 Å². The summed E-state index contributed by atoms with van der Waals surface area (Å²) in [5.41, 5.74) is 7.92. The van der Waals surface area contributed by atoms with E-state index in [9.17, 15) is 9.59 Å². The van der Waals surface area contributed by atoms with Crippen molar-refractivity contribution >= 4 is 11.8 Å². The molecule has 1 heterocycles. The van der Waals surface area contributed by atoms with Crippen molar-refractivity contribution in [1.82, 2.24) is 20.6 Å². The van der Waals surface area contributed by atoms with Crippen molar-refractivity contribution < 1.29 is 19.1 Å². The van der Waals surface area contributed by atoms with Crippen LogP contribution < -0.4 is 20.3 Å². The molecule has 0 atom stereocenters. The number of hydrogen-bond donors (Lipinski definition) is 2. The number of aryl methyl sites for hydroxylation is 1. The molecule has 2 N–H and O–H groups in total. The van der Waals surface area contributed by atoms with Gasteiger partial charge in [0.2, 0.25) is 5.91 Å². The minimum Gasteiger partial charge on any atom is -0.493 e. The third-order valence-corrected chi connectivity index (χ3v) is 4.51. The summed E-state index contributed by atoms with van der Waals surface area (Å²) in [6, 6.07) is 4.86. The lowest BCUT2D eigenvalue weighted by Gasteiger charge is -2.14. The summed E-state index contributed by atoms with van der Waals surface area (Å²) in [6.45, 7) is 12.7. The van der Waals surface area contributed by atoms with Crippen LogP contribution in [-0.2, 0) is 17.8 Å². The smallest absolute Gasteiger partial charge is 0.269 e. The molecule has 0 unspecified atom stereocenters. The van der Waals surface area contributed by atoms with Crippen LogP contribution in [0.4, 0.5) is 0 Å². The number of hydrazine groups is 1. The lowest BCUT2D eigenvalue weighted by Crippen LogP contribution is -2.42. The average molecular weight is 417 g/mol. The quantitative estimate of drug-likeness (QED) is 0.645. The van der Waals surface area contributed by atoms with Crippen LogP contribution in [0.1, 0.15) is 55.0 Å². The van der Waals surface area contributed by atoms with E-state index in [1.54, 1.807) is 18.2 Å². The molecule has 1 aromatic heterocycles. The first-order valence-electron chi connectivity index (χ1n) is 10.1. The Morgan fingerprint density at radius 3 is 2.40 bits per heavy atom. The summed E-state index contributed by atoms with van der Waals surface area (Å²) in [5, 5.41) is 4.52. The van der Waals surface area contributed by atoms with Gasteiger partial charge < -0.3 is 9.47 Å². The molecule has 8 nitrogen and oxygen atoms in total. The molecule has 0 saturated carbocycles. The Labute approximate surface area is 177 Å². The largest absolute Gasteiger partial charge is 0.493 e. The Morgan fingerprint density at radius 2 is 1.80 bits per heavy atom. The fourth-order valence-electron chi connectivity index (χ4n) is 3.08. The summed E-state index contributed by atoms with van der Waals surface area (Å²) in [7, 11) is 1.51. The Balaban J connectivity index is 2.00. The second-order valence-electron chi connectivity index (χ2n) is 7.94. The number of nitrogens with one attached hydrogen (secondary N) is 2. The van der Waals surface area contributed by atoms with E-state index in [0.717, 1.165) is 23.5 Å². The van der Waals surface area contributed by atoms with Crippen LogP contribution in [-0.4, -0.2) is 34.8 Å². The summed E-state index contributed by atoms with van der Waals surface area (Å²) in [6.07, 6.45) is 0.121. The maximum Gasteiger partial charge on any atom is 0.269 e. The molecular weight excluding hydrogens is 384 g/mol. The normalized spacial score (nSPS) is 11.0. The molecule has 0 aliphatic carbocycles. The molecule has 0 aliphatic rings. The lowest BCUT2D eigenvalue weighted by atomic mass is 10.1. The van der Waals surface area contributed by atoms with Crippen LogP contribution in [0.3, 0.4) is 0 Å².